The quantitative estimate of drug-likeness (QED) is 0.608. The van der Waals surface area contributed by atoms with E-state index in [1.165, 1.54) is 17.2 Å². The number of aliphatic hydroxyl groups is 1. The highest BCUT2D eigenvalue weighted by molar-refractivity contribution is 7.90. The molecule has 0 aliphatic carbocycles. The Hall–Kier alpha value is -3.18. The first-order chi connectivity index (χ1) is 13.7. The average molecular weight is 415 g/mol. The fourth-order valence-electron chi connectivity index (χ4n) is 3.06. The van der Waals surface area contributed by atoms with Crippen LogP contribution in [0, 0.1) is 0 Å². The Labute approximate surface area is 166 Å². The molecule has 1 unspecified atom stereocenters. The number of sulfone groups is 1. The minimum atomic E-state index is -3.56. The van der Waals surface area contributed by atoms with E-state index in [1.54, 1.807) is 31.3 Å². The smallest absolute Gasteiger partial charge is 0.260 e. The number of carbonyl (C=O) groups is 1. The fraction of sp³-hybridized carbons (Fsp3) is 0.278. The van der Waals surface area contributed by atoms with Crippen LogP contribution in [0.4, 0.5) is 0 Å². The van der Waals surface area contributed by atoms with Crippen molar-refractivity contribution in [1.82, 2.24) is 25.0 Å². The Balaban J connectivity index is 1.69. The van der Waals surface area contributed by atoms with Gasteiger partial charge in [0, 0.05) is 38.5 Å². The van der Waals surface area contributed by atoms with Crippen molar-refractivity contribution in [2.45, 2.75) is 17.2 Å². The summed E-state index contributed by atoms with van der Waals surface area (Å²) >= 11 is 0. The van der Waals surface area contributed by atoms with Crippen molar-refractivity contribution in [2.24, 2.45) is 0 Å². The van der Waals surface area contributed by atoms with Gasteiger partial charge in [0.05, 0.1) is 11.4 Å². The van der Waals surface area contributed by atoms with Crippen LogP contribution in [-0.2, 0) is 20.2 Å². The second kappa shape index (κ2) is 6.71. The van der Waals surface area contributed by atoms with Gasteiger partial charge in [-0.1, -0.05) is 11.2 Å². The summed E-state index contributed by atoms with van der Waals surface area (Å²) < 4.78 is 28.7. The van der Waals surface area contributed by atoms with E-state index in [9.17, 15) is 18.3 Å². The highest BCUT2D eigenvalue weighted by Gasteiger charge is 2.47. The molecular formula is C18H17N5O5S. The predicted octanol–water partition coefficient (Wildman–Crippen LogP) is 0.647. The molecule has 4 heterocycles. The van der Waals surface area contributed by atoms with E-state index in [2.05, 4.69) is 20.1 Å². The molecule has 0 spiro atoms. The molecule has 1 N–H and O–H groups in total. The third-order valence-corrected chi connectivity index (χ3v) is 5.53. The van der Waals surface area contributed by atoms with E-state index in [0.717, 1.165) is 6.26 Å². The largest absolute Gasteiger partial charge is 0.374 e. The van der Waals surface area contributed by atoms with E-state index in [4.69, 9.17) is 4.52 Å². The van der Waals surface area contributed by atoms with Gasteiger partial charge in [-0.15, -0.1) is 0 Å². The molecule has 1 aliphatic rings. The van der Waals surface area contributed by atoms with E-state index in [-0.39, 0.29) is 23.0 Å². The molecule has 1 saturated heterocycles. The molecule has 0 radical (unpaired) electrons. The van der Waals surface area contributed by atoms with Crippen molar-refractivity contribution >= 4 is 15.7 Å². The highest BCUT2D eigenvalue weighted by atomic mass is 32.2. The molecule has 3 aromatic rings. The summed E-state index contributed by atoms with van der Waals surface area (Å²) in [6.07, 6.45) is 2.59. The maximum absolute atomic E-state index is 12.2. The molecule has 11 heteroatoms. The zero-order valence-corrected chi connectivity index (χ0v) is 16.4. The molecule has 4 rings (SSSR count). The number of likely N-dealkylation sites (N-methyl/N-ethyl adjacent to an activating group) is 1. The van der Waals surface area contributed by atoms with Crippen molar-refractivity contribution in [3.8, 4) is 22.8 Å². The summed E-state index contributed by atoms with van der Waals surface area (Å²) in [4.78, 5) is 25.9. The Morgan fingerprint density at radius 1 is 1.17 bits per heavy atom. The number of amides is 1. The molecule has 29 heavy (non-hydrogen) atoms. The Kier molecular flexibility index (Phi) is 4.43. The van der Waals surface area contributed by atoms with Crippen LogP contribution in [0.2, 0.25) is 0 Å². The summed E-state index contributed by atoms with van der Waals surface area (Å²) in [5.74, 6) is -0.177. The lowest BCUT2D eigenvalue weighted by atomic mass is 9.97. The van der Waals surface area contributed by atoms with E-state index < -0.39 is 21.3 Å². The minimum Gasteiger partial charge on any atom is -0.374 e. The minimum absolute atomic E-state index is 0.121. The van der Waals surface area contributed by atoms with Gasteiger partial charge in [0.25, 0.3) is 5.91 Å². The van der Waals surface area contributed by atoms with Crippen LogP contribution in [0.3, 0.4) is 0 Å². The number of carbonyl (C=O) groups excluding carboxylic acids is 1. The van der Waals surface area contributed by atoms with Crippen molar-refractivity contribution in [3.05, 3.63) is 42.2 Å². The van der Waals surface area contributed by atoms with Gasteiger partial charge in [-0.2, -0.15) is 0 Å². The molecule has 3 aromatic heterocycles. The molecule has 1 atom stereocenters. The third kappa shape index (κ3) is 3.38. The Morgan fingerprint density at radius 3 is 2.59 bits per heavy atom. The maximum Gasteiger partial charge on any atom is 0.260 e. The number of rotatable bonds is 4. The lowest BCUT2D eigenvalue weighted by Gasteiger charge is -2.16. The topological polar surface area (TPSA) is 139 Å². The molecule has 1 fully saturated rings. The number of nitrogens with zero attached hydrogens (tertiary/aromatic N) is 5. The third-order valence-electron chi connectivity index (χ3n) is 4.67. The summed E-state index contributed by atoms with van der Waals surface area (Å²) in [5, 5.41) is 14.3. The molecular weight excluding hydrogens is 398 g/mol. The molecule has 1 aliphatic heterocycles. The lowest BCUT2D eigenvalue weighted by Crippen LogP contribution is -2.36. The van der Waals surface area contributed by atoms with Gasteiger partial charge in [-0.3, -0.25) is 4.79 Å². The van der Waals surface area contributed by atoms with Crippen molar-refractivity contribution in [2.75, 3.05) is 19.8 Å². The summed E-state index contributed by atoms with van der Waals surface area (Å²) in [6.45, 7) is 0.418. The molecule has 10 nitrogen and oxygen atoms in total. The van der Waals surface area contributed by atoms with Gasteiger partial charge in [0.2, 0.25) is 15.0 Å². The van der Waals surface area contributed by atoms with Crippen LogP contribution in [0.1, 0.15) is 12.1 Å². The second-order valence-corrected chi connectivity index (χ2v) is 8.73. The zero-order chi connectivity index (χ0) is 20.8. The first-order valence-corrected chi connectivity index (χ1v) is 10.5. The van der Waals surface area contributed by atoms with E-state index in [1.807, 2.05) is 0 Å². The van der Waals surface area contributed by atoms with Gasteiger partial charge in [0.1, 0.15) is 11.4 Å². The maximum atomic E-state index is 12.2. The van der Waals surface area contributed by atoms with Gasteiger partial charge in [-0.25, -0.2) is 23.4 Å². The van der Waals surface area contributed by atoms with Crippen molar-refractivity contribution < 1.29 is 22.8 Å². The van der Waals surface area contributed by atoms with Crippen LogP contribution in [0.5, 0.6) is 0 Å². The van der Waals surface area contributed by atoms with Gasteiger partial charge >= 0.3 is 0 Å². The summed E-state index contributed by atoms with van der Waals surface area (Å²) in [6, 6.07) is 8.05. The lowest BCUT2D eigenvalue weighted by molar-refractivity contribution is -0.143. The SMILES string of the molecule is CN1CCC(O)(c2cc(-c3cccc(-c4ccnc(S(C)(=O)=O)n4)n3)on2)C1=O. The molecule has 0 saturated carbocycles. The predicted molar refractivity (Wildman–Crippen MR) is 100 cm³/mol. The van der Waals surface area contributed by atoms with Crippen molar-refractivity contribution in [1.29, 1.82) is 0 Å². The second-order valence-electron chi connectivity index (χ2n) is 6.82. The molecule has 0 bridgehead atoms. The highest BCUT2D eigenvalue weighted by Crippen LogP contribution is 2.34. The van der Waals surface area contributed by atoms with E-state index >= 15 is 0 Å². The van der Waals surface area contributed by atoms with Crippen LogP contribution < -0.4 is 0 Å². The zero-order valence-electron chi connectivity index (χ0n) is 15.6. The van der Waals surface area contributed by atoms with Crippen LogP contribution in [0.25, 0.3) is 22.8 Å². The Bertz CT molecular complexity index is 1210. The Morgan fingerprint density at radius 2 is 1.90 bits per heavy atom. The van der Waals surface area contributed by atoms with Crippen LogP contribution in [-0.4, -0.2) is 64.3 Å². The average Bonchev–Trinajstić information content (AvgIpc) is 3.30. The number of likely N-dealkylation sites (tertiary alicyclic amines) is 1. The summed E-state index contributed by atoms with van der Waals surface area (Å²) in [5.41, 5.74) is -0.472. The fourth-order valence-corrected chi connectivity index (χ4v) is 3.58. The standard InChI is InChI=1S/C18H17N5O5S/c1-23-9-7-18(25,16(23)24)15-10-14(28-22-15)13-5-3-4-11(20-13)12-6-8-19-17(21-12)29(2,26)27/h3-6,8,10,25H,7,9H2,1-2H3. The molecule has 0 aromatic carbocycles. The number of hydrogen-bond acceptors (Lipinski definition) is 9. The molecule has 1 amide bonds. The number of pyridine rings is 1. The van der Waals surface area contributed by atoms with Crippen LogP contribution >= 0.6 is 0 Å². The number of aromatic nitrogens is 4. The van der Waals surface area contributed by atoms with Gasteiger partial charge < -0.3 is 14.5 Å². The normalized spacial score (nSPS) is 19.7. The molecule has 150 valence electrons. The van der Waals surface area contributed by atoms with Gasteiger partial charge in [0.15, 0.2) is 11.4 Å². The number of hydrogen-bond donors (Lipinski definition) is 1. The summed E-state index contributed by atoms with van der Waals surface area (Å²) in [7, 11) is -1.95. The van der Waals surface area contributed by atoms with Crippen molar-refractivity contribution in [3.63, 3.8) is 0 Å². The first-order valence-electron chi connectivity index (χ1n) is 8.64. The monoisotopic (exact) mass is 415 g/mol. The first kappa shape index (κ1) is 19.2. The van der Waals surface area contributed by atoms with Gasteiger partial charge in [-0.05, 0) is 18.2 Å². The van der Waals surface area contributed by atoms with Crippen LogP contribution in [0.15, 0.2) is 46.2 Å². The van der Waals surface area contributed by atoms with E-state index in [0.29, 0.717) is 23.6 Å².